The van der Waals surface area contributed by atoms with Crippen LogP contribution in [0.4, 0.5) is 5.69 Å². The largest absolute Gasteiger partial charge is 0.508 e. The van der Waals surface area contributed by atoms with E-state index in [0.717, 1.165) is 24.2 Å². The Morgan fingerprint density at radius 1 is 1.24 bits per heavy atom. The Kier molecular flexibility index (Phi) is 3.74. The number of aromatic hydroxyl groups is 1. The van der Waals surface area contributed by atoms with Gasteiger partial charge in [0.2, 0.25) is 0 Å². The first-order valence-electron chi connectivity index (χ1n) is 7.39. The van der Waals surface area contributed by atoms with Crippen molar-refractivity contribution < 1.29 is 9.84 Å². The van der Waals surface area contributed by atoms with Crippen LogP contribution in [0.2, 0.25) is 0 Å². The lowest BCUT2D eigenvalue weighted by Crippen LogP contribution is -2.36. The predicted molar refractivity (Wildman–Crippen MR) is 85.1 cm³/mol. The molecule has 1 heterocycles. The average molecular weight is 283 g/mol. The summed E-state index contributed by atoms with van der Waals surface area (Å²) >= 11 is 0. The summed E-state index contributed by atoms with van der Waals surface area (Å²) < 4.78 is 5.27. The summed E-state index contributed by atoms with van der Waals surface area (Å²) in [7, 11) is 1.65. The number of para-hydroxylation sites is 1. The van der Waals surface area contributed by atoms with E-state index in [-0.39, 0.29) is 0 Å². The molecule has 2 aromatic rings. The van der Waals surface area contributed by atoms with E-state index in [2.05, 4.69) is 36.1 Å². The van der Waals surface area contributed by atoms with Gasteiger partial charge in [-0.15, -0.1) is 0 Å². The molecule has 1 aliphatic heterocycles. The molecule has 3 heteroatoms. The highest BCUT2D eigenvalue weighted by Gasteiger charge is 2.23. The monoisotopic (exact) mass is 283 g/mol. The number of hydrogen-bond donors (Lipinski definition) is 1. The second kappa shape index (κ2) is 5.68. The molecule has 0 bridgehead atoms. The van der Waals surface area contributed by atoms with Gasteiger partial charge < -0.3 is 14.7 Å². The van der Waals surface area contributed by atoms with E-state index in [1.54, 1.807) is 19.2 Å². The minimum Gasteiger partial charge on any atom is -0.508 e. The van der Waals surface area contributed by atoms with Crippen molar-refractivity contribution in [1.29, 1.82) is 0 Å². The molecule has 0 fully saturated rings. The van der Waals surface area contributed by atoms with Crippen molar-refractivity contribution >= 4 is 5.69 Å². The van der Waals surface area contributed by atoms with Crippen molar-refractivity contribution in [2.24, 2.45) is 0 Å². The maximum Gasteiger partial charge on any atom is 0.120 e. The van der Waals surface area contributed by atoms with E-state index < -0.39 is 0 Å². The molecule has 1 aliphatic rings. The Balaban J connectivity index is 1.94. The van der Waals surface area contributed by atoms with Gasteiger partial charge in [-0.05, 0) is 49.6 Å². The molecule has 110 valence electrons. The number of hydrogen-bond acceptors (Lipinski definition) is 3. The summed E-state index contributed by atoms with van der Waals surface area (Å²) in [5.41, 5.74) is 3.56. The minimum absolute atomic E-state index is 0.325. The van der Waals surface area contributed by atoms with Gasteiger partial charge in [0.25, 0.3) is 0 Å². The number of methoxy groups -OCH3 is 1. The standard InChI is InChI=1S/C18H21NO2/c1-13-7-8-14-5-3-4-6-17(14)19(13)12-15-11-16(21-2)9-10-18(15)20/h3-6,9-11,13,20H,7-8,12H2,1-2H3. The van der Waals surface area contributed by atoms with Gasteiger partial charge in [0.1, 0.15) is 11.5 Å². The summed E-state index contributed by atoms with van der Waals surface area (Å²) in [5, 5.41) is 10.1. The first-order chi connectivity index (χ1) is 10.2. The fraction of sp³-hybridized carbons (Fsp3) is 0.333. The van der Waals surface area contributed by atoms with E-state index in [4.69, 9.17) is 4.74 Å². The number of rotatable bonds is 3. The number of fused-ring (bicyclic) bond motifs is 1. The molecule has 2 aromatic carbocycles. The van der Waals surface area contributed by atoms with Crippen LogP contribution in [0.25, 0.3) is 0 Å². The van der Waals surface area contributed by atoms with Crippen LogP contribution in [-0.2, 0) is 13.0 Å². The molecule has 3 rings (SSSR count). The van der Waals surface area contributed by atoms with E-state index in [0.29, 0.717) is 18.3 Å². The molecule has 0 amide bonds. The Bertz CT molecular complexity index is 639. The highest BCUT2D eigenvalue weighted by molar-refractivity contribution is 5.57. The zero-order valence-electron chi connectivity index (χ0n) is 12.5. The molecular weight excluding hydrogens is 262 g/mol. The number of phenolic OH excluding ortho intramolecular Hbond substituents is 1. The first kappa shape index (κ1) is 13.8. The highest BCUT2D eigenvalue weighted by Crippen LogP contribution is 2.33. The summed E-state index contributed by atoms with van der Waals surface area (Å²) in [6, 6.07) is 14.4. The molecule has 21 heavy (non-hydrogen) atoms. The molecule has 1 unspecified atom stereocenters. The maximum atomic E-state index is 10.1. The Labute approximate surface area is 125 Å². The Morgan fingerprint density at radius 2 is 2.05 bits per heavy atom. The number of ether oxygens (including phenoxy) is 1. The smallest absolute Gasteiger partial charge is 0.120 e. The van der Waals surface area contributed by atoms with Crippen LogP contribution in [-0.4, -0.2) is 18.3 Å². The van der Waals surface area contributed by atoms with Crippen LogP contribution in [0.1, 0.15) is 24.5 Å². The van der Waals surface area contributed by atoms with E-state index in [1.807, 2.05) is 6.07 Å². The van der Waals surface area contributed by atoms with Crippen LogP contribution >= 0.6 is 0 Å². The lowest BCUT2D eigenvalue weighted by atomic mass is 9.96. The van der Waals surface area contributed by atoms with Crippen molar-refractivity contribution in [2.75, 3.05) is 12.0 Å². The number of nitrogens with zero attached hydrogens (tertiary/aromatic N) is 1. The maximum absolute atomic E-state index is 10.1. The lowest BCUT2D eigenvalue weighted by Gasteiger charge is -2.37. The van der Waals surface area contributed by atoms with Gasteiger partial charge in [0.15, 0.2) is 0 Å². The fourth-order valence-corrected chi connectivity index (χ4v) is 3.00. The van der Waals surface area contributed by atoms with Crippen molar-refractivity contribution in [3.05, 3.63) is 53.6 Å². The second-order valence-electron chi connectivity index (χ2n) is 5.64. The molecule has 1 atom stereocenters. The Hall–Kier alpha value is -2.16. The van der Waals surface area contributed by atoms with Gasteiger partial charge in [-0.3, -0.25) is 0 Å². The third kappa shape index (κ3) is 2.68. The molecule has 0 saturated carbocycles. The highest BCUT2D eigenvalue weighted by atomic mass is 16.5. The van der Waals surface area contributed by atoms with Crippen LogP contribution in [0.3, 0.4) is 0 Å². The van der Waals surface area contributed by atoms with Crippen molar-refractivity contribution in [1.82, 2.24) is 0 Å². The molecule has 1 N–H and O–H groups in total. The predicted octanol–water partition coefficient (Wildman–Crippen LogP) is 3.74. The normalized spacial score (nSPS) is 17.4. The SMILES string of the molecule is COc1ccc(O)c(CN2c3ccccc3CCC2C)c1. The first-order valence-corrected chi connectivity index (χ1v) is 7.39. The average Bonchev–Trinajstić information content (AvgIpc) is 2.52. The molecule has 0 aliphatic carbocycles. The van der Waals surface area contributed by atoms with Crippen molar-refractivity contribution in [2.45, 2.75) is 32.4 Å². The van der Waals surface area contributed by atoms with Gasteiger partial charge in [-0.2, -0.15) is 0 Å². The number of benzene rings is 2. The summed E-state index contributed by atoms with van der Waals surface area (Å²) in [6.45, 7) is 2.94. The van der Waals surface area contributed by atoms with E-state index in [1.165, 1.54) is 11.3 Å². The van der Waals surface area contributed by atoms with Crippen LogP contribution in [0.15, 0.2) is 42.5 Å². The van der Waals surface area contributed by atoms with Crippen LogP contribution in [0.5, 0.6) is 11.5 Å². The fourth-order valence-electron chi connectivity index (χ4n) is 3.00. The number of anilines is 1. The van der Waals surface area contributed by atoms with Crippen molar-refractivity contribution in [3.63, 3.8) is 0 Å². The topological polar surface area (TPSA) is 32.7 Å². The molecular formula is C18H21NO2. The zero-order chi connectivity index (χ0) is 14.8. The molecule has 0 aromatic heterocycles. The third-order valence-corrected chi connectivity index (χ3v) is 4.29. The molecule has 0 radical (unpaired) electrons. The number of aryl methyl sites for hydroxylation is 1. The lowest BCUT2D eigenvalue weighted by molar-refractivity contribution is 0.410. The minimum atomic E-state index is 0.325. The van der Waals surface area contributed by atoms with E-state index >= 15 is 0 Å². The Morgan fingerprint density at radius 3 is 2.86 bits per heavy atom. The van der Waals surface area contributed by atoms with Crippen molar-refractivity contribution in [3.8, 4) is 11.5 Å². The molecule has 3 nitrogen and oxygen atoms in total. The number of phenols is 1. The van der Waals surface area contributed by atoms with Gasteiger partial charge in [0.05, 0.1) is 7.11 Å². The summed E-state index contributed by atoms with van der Waals surface area (Å²) in [5.74, 6) is 1.10. The van der Waals surface area contributed by atoms with E-state index in [9.17, 15) is 5.11 Å². The van der Waals surface area contributed by atoms with Gasteiger partial charge in [0, 0.05) is 23.8 Å². The van der Waals surface area contributed by atoms with Gasteiger partial charge in [-0.1, -0.05) is 18.2 Å². The summed E-state index contributed by atoms with van der Waals surface area (Å²) in [6.07, 6.45) is 2.26. The van der Waals surface area contributed by atoms with Gasteiger partial charge >= 0.3 is 0 Å². The molecule has 0 saturated heterocycles. The zero-order valence-corrected chi connectivity index (χ0v) is 12.5. The summed E-state index contributed by atoms with van der Waals surface area (Å²) in [4.78, 5) is 2.37. The van der Waals surface area contributed by atoms with Crippen LogP contribution in [0, 0.1) is 0 Å². The molecule has 0 spiro atoms. The van der Waals surface area contributed by atoms with Gasteiger partial charge in [-0.25, -0.2) is 0 Å². The third-order valence-electron chi connectivity index (χ3n) is 4.29. The quantitative estimate of drug-likeness (QED) is 0.931. The van der Waals surface area contributed by atoms with Crippen LogP contribution < -0.4 is 9.64 Å². The second-order valence-corrected chi connectivity index (χ2v) is 5.64.